The molecule has 0 amide bonds. The number of allylic oxidation sites excluding steroid dienone is 1. The zero-order valence-corrected chi connectivity index (χ0v) is 23.4. The van der Waals surface area contributed by atoms with Crippen LogP contribution >= 0.6 is 11.6 Å². The molecule has 2 aromatic carbocycles. The number of aliphatic imine (C=N–C) groups is 2. The van der Waals surface area contributed by atoms with Gasteiger partial charge in [0.15, 0.2) is 5.78 Å². The van der Waals surface area contributed by atoms with Crippen molar-refractivity contribution in [3.05, 3.63) is 63.5 Å². The predicted molar refractivity (Wildman–Crippen MR) is 156 cm³/mol. The Balaban J connectivity index is 1.42. The molecule has 1 fully saturated rings. The molecule has 2 aromatic rings. The number of benzene rings is 2. The molecular weight excluding hydrogens is 532 g/mol. The van der Waals surface area contributed by atoms with Gasteiger partial charge in [-0.2, -0.15) is 5.26 Å². The van der Waals surface area contributed by atoms with Gasteiger partial charge in [-0.25, -0.2) is 4.99 Å². The van der Waals surface area contributed by atoms with Gasteiger partial charge in [-0.3, -0.25) is 15.1 Å². The molecule has 3 N–H and O–H groups in total. The summed E-state index contributed by atoms with van der Waals surface area (Å²) in [4.78, 5) is 22.7. The van der Waals surface area contributed by atoms with Crippen molar-refractivity contribution in [3.8, 4) is 17.6 Å². The van der Waals surface area contributed by atoms with Crippen molar-refractivity contribution in [2.75, 3.05) is 39.2 Å². The highest BCUT2D eigenvalue weighted by molar-refractivity contribution is 6.31. The molecule has 0 spiro atoms. The van der Waals surface area contributed by atoms with E-state index in [0.29, 0.717) is 46.2 Å². The number of nitriles is 1. The molecule has 1 aliphatic heterocycles. The summed E-state index contributed by atoms with van der Waals surface area (Å²) in [6.45, 7) is 5.53. The fourth-order valence-electron chi connectivity index (χ4n) is 4.81. The number of hydrogen-bond donors (Lipinski definition) is 3. The van der Waals surface area contributed by atoms with E-state index in [2.05, 4.69) is 39.3 Å². The van der Waals surface area contributed by atoms with E-state index < -0.39 is 6.23 Å². The van der Waals surface area contributed by atoms with Gasteiger partial charge in [-0.05, 0) is 69.9 Å². The second kappa shape index (κ2) is 13.5. The van der Waals surface area contributed by atoms with Crippen LogP contribution in [0.5, 0.6) is 11.5 Å². The van der Waals surface area contributed by atoms with Gasteiger partial charge in [0.05, 0.1) is 23.4 Å². The molecule has 210 valence electrons. The van der Waals surface area contributed by atoms with E-state index in [4.69, 9.17) is 21.1 Å². The average molecular weight is 565 g/mol. The van der Waals surface area contributed by atoms with Crippen molar-refractivity contribution in [1.29, 1.82) is 5.26 Å². The number of anilines is 1. The second-order valence-electron chi connectivity index (χ2n) is 9.67. The number of aliphatic hydroxyl groups excluding tert-OH is 1. The zero-order chi connectivity index (χ0) is 28.6. The van der Waals surface area contributed by atoms with E-state index in [-0.39, 0.29) is 29.9 Å². The summed E-state index contributed by atoms with van der Waals surface area (Å²) in [5.41, 5.74) is 2.55. The van der Waals surface area contributed by atoms with Crippen LogP contribution in [0.25, 0.3) is 0 Å². The average Bonchev–Trinajstić information content (AvgIpc) is 3.34. The topological polar surface area (TPSA) is 132 Å². The molecule has 0 bridgehead atoms. The third-order valence-corrected chi connectivity index (χ3v) is 7.35. The summed E-state index contributed by atoms with van der Waals surface area (Å²) in [5, 5.41) is 27.2. The lowest BCUT2D eigenvalue weighted by Gasteiger charge is -2.31. The third-order valence-electron chi connectivity index (χ3n) is 7.02. The Morgan fingerprint density at radius 1 is 1.32 bits per heavy atom. The largest absolute Gasteiger partial charge is 0.495 e. The van der Waals surface area contributed by atoms with E-state index in [0.717, 1.165) is 31.5 Å². The van der Waals surface area contributed by atoms with Crippen molar-refractivity contribution in [2.24, 2.45) is 9.98 Å². The van der Waals surface area contributed by atoms with Crippen LogP contribution in [0.15, 0.2) is 51.8 Å². The Labute approximate surface area is 239 Å². The van der Waals surface area contributed by atoms with Crippen LogP contribution in [0.4, 0.5) is 5.69 Å². The molecule has 40 heavy (non-hydrogen) atoms. The monoisotopic (exact) mass is 564 g/mol. The van der Waals surface area contributed by atoms with Crippen LogP contribution in [-0.2, 0) is 6.42 Å². The van der Waals surface area contributed by atoms with Crippen LogP contribution < -0.4 is 20.1 Å². The maximum absolute atomic E-state index is 12.3. The molecule has 10 nitrogen and oxygen atoms in total. The quantitative estimate of drug-likeness (QED) is 0.161. The van der Waals surface area contributed by atoms with Crippen molar-refractivity contribution >= 4 is 36.0 Å². The summed E-state index contributed by atoms with van der Waals surface area (Å²) < 4.78 is 11.3. The fourth-order valence-corrected chi connectivity index (χ4v) is 5.08. The molecule has 11 heteroatoms. The van der Waals surface area contributed by atoms with Crippen LogP contribution in [0.2, 0.25) is 5.02 Å². The number of aliphatic hydroxyl groups is 1. The molecule has 0 saturated carbocycles. The van der Waals surface area contributed by atoms with Gasteiger partial charge in [-0.15, -0.1) is 0 Å². The van der Waals surface area contributed by atoms with Crippen molar-refractivity contribution < 1.29 is 19.4 Å². The van der Waals surface area contributed by atoms with E-state index >= 15 is 0 Å². The lowest BCUT2D eigenvalue weighted by atomic mass is 10.0. The Hall–Kier alpha value is -3.75. The maximum atomic E-state index is 12.3. The number of aryl methyl sites for hydroxylation is 1. The second-order valence-corrected chi connectivity index (χ2v) is 10.1. The molecular formula is C29H33ClN6O4. The molecule has 4 rings (SSSR count). The van der Waals surface area contributed by atoms with E-state index in [1.165, 1.54) is 13.3 Å². The Morgan fingerprint density at radius 3 is 2.80 bits per heavy atom. The summed E-state index contributed by atoms with van der Waals surface area (Å²) in [6.07, 6.45) is 3.36. The number of ether oxygens (including phenoxy) is 2. The fraction of sp³-hybridized carbons (Fsp3) is 0.379. The standard InChI is InChI=1S/C29H33ClN6O4/c1-32-29(40-25-6-4-5-18-7-8-24(37)27(18)25)19(15-31)16-33-17-34-23-14-22(30)21(13-26(23)39-3)28(38)35-20-9-11-36(2)12-10-20/h4-6,13-14,16,20,28,34-35,38H,1,7-12,17H2,2-3H3/b29-19+,33-16-. The SMILES string of the molecule is C=N/C(Oc1cccc2c1C(=O)CC2)=C(C#N)\C=N/CNc1cc(Cl)c(C(O)NC2CCN(C)CC2)cc1OC. The van der Waals surface area contributed by atoms with E-state index in [1.54, 1.807) is 24.3 Å². The lowest BCUT2D eigenvalue weighted by molar-refractivity contribution is 0.0991. The number of carbonyl (C=O) groups is 1. The number of Topliss-reactive ketones (excluding diaryl/α,β-unsaturated/α-hetero) is 1. The Kier molecular flexibility index (Phi) is 9.90. The highest BCUT2D eigenvalue weighted by Gasteiger charge is 2.25. The maximum Gasteiger partial charge on any atom is 0.238 e. The van der Waals surface area contributed by atoms with Gasteiger partial charge >= 0.3 is 0 Å². The molecule has 1 atom stereocenters. The smallest absolute Gasteiger partial charge is 0.238 e. The van der Waals surface area contributed by atoms with Crippen molar-refractivity contribution in [3.63, 3.8) is 0 Å². The first-order valence-electron chi connectivity index (χ1n) is 13.0. The summed E-state index contributed by atoms with van der Waals surface area (Å²) >= 11 is 6.52. The molecule has 1 unspecified atom stereocenters. The molecule has 0 radical (unpaired) electrons. The number of ketones is 1. The minimum Gasteiger partial charge on any atom is -0.495 e. The number of likely N-dealkylation sites (tertiary alicyclic amines) is 1. The molecule has 1 heterocycles. The number of methoxy groups -OCH3 is 1. The van der Waals surface area contributed by atoms with Gasteiger partial charge in [-0.1, -0.05) is 23.7 Å². The summed E-state index contributed by atoms with van der Waals surface area (Å²) in [5.74, 6) is 0.771. The van der Waals surface area contributed by atoms with Gasteiger partial charge in [0.2, 0.25) is 5.88 Å². The van der Waals surface area contributed by atoms with Gasteiger partial charge in [0, 0.05) is 24.2 Å². The minimum absolute atomic E-state index is 0.00543. The van der Waals surface area contributed by atoms with Crippen LogP contribution in [0.3, 0.4) is 0 Å². The Morgan fingerprint density at radius 2 is 2.10 bits per heavy atom. The van der Waals surface area contributed by atoms with Crippen LogP contribution in [0.1, 0.15) is 47.0 Å². The van der Waals surface area contributed by atoms with Gasteiger partial charge < -0.3 is 24.8 Å². The number of piperidine rings is 1. The first kappa shape index (κ1) is 29.2. The Bertz CT molecular complexity index is 1360. The number of nitrogens with one attached hydrogen (secondary N) is 2. The van der Waals surface area contributed by atoms with E-state index in [1.807, 2.05) is 12.1 Å². The van der Waals surface area contributed by atoms with E-state index in [9.17, 15) is 15.2 Å². The highest BCUT2D eigenvalue weighted by Crippen LogP contribution is 2.35. The summed E-state index contributed by atoms with van der Waals surface area (Å²) in [7, 11) is 3.61. The highest BCUT2D eigenvalue weighted by atomic mass is 35.5. The first-order chi connectivity index (χ1) is 19.3. The summed E-state index contributed by atoms with van der Waals surface area (Å²) in [6, 6.07) is 10.9. The molecule has 1 aliphatic carbocycles. The number of nitrogens with zero attached hydrogens (tertiary/aromatic N) is 4. The molecule has 1 saturated heterocycles. The predicted octanol–water partition coefficient (Wildman–Crippen LogP) is 4.11. The lowest BCUT2D eigenvalue weighted by Crippen LogP contribution is -2.42. The number of halogens is 1. The third kappa shape index (κ3) is 6.87. The number of carbonyl (C=O) groups excluding carboxylic acids is 1. The van der Waals surface area contributed by atoms with Crippen molar-refractivity contribution in [1.82, 2.24) is 10.2 Å². The van der Waals surface area contributed by atoms with Crippen LogP contribution in [0, 0.1) is 11.3 Å². The molecule has 0 aromatic heterocycles. The number of hydrogen-bond acceptors (Lipinski definition) is 10. The zero-order valence-electron chi connectivity index (χ0n) is 22.6. The van der Waals surface area contributed by atoms with Crippen molar-refractivity contribution in [2.45, 2.75) is 38.0 Å². The first-order valence-corrected chi connectivity index (χ1v) is 13.4. The molecule has 2 aliphatic rings. The van der Waals surface area contributed by atoms with Gasteiger partial charge in [0.25, 0.3) is 0 Å². The number of rotatable bonds is 11. The van der Waals surface area contributed by atoms with Gasteiger partial charge in [0.1, 0.15) is 36.0 Å². The normalized spacial score (nSPS) is 17.2. The number of fused-ring (bicyclic) bond motifs is 1. The van der Waals surface area contributed by atoms with Crippen LogP contribution in [-0.4, -0.2) is 68.7 Å². The minimum atomic E-state index is -0.934.